The molecule has 2 atom stereocenters. The summed E-state index contributed by atoms with van der Waals surface area (Å²) in [5.74, 6) is -0.768. The Morgan fingerprint density at radius 3 is 2.88 bits per heavy atom. The summed E-state index contributed by atoms with van der Waals surface area (Å²) in [5, 5.41) is 10.2. The Labute approximate surface area is 149 Å². The molecule has 0 spiro atoms. The van der Waals surface area contributed by atoms with E-state index < -0.39 is 31.6 Å². The smallest absolute Gasteiger partial charge is 0.472 e. The zero-order chi connectivity index (χ0) is 19.3. The molecule has 1 aliphatic rings. The van der Waals surface area contributed by atoms with Crippen LogP contribution in [0.15, 0.2) is 33.4 Å². The summed E-state index contributed by atoms with van der Waals surface area (Å²) in [5.41, 5.74) is -0.787. The first kappa shape index (κ1) is 20.2. The molecule has 1 aliphatic heterocycles. The molecule has 0 radical (unpaired) electrons. The zero-order valence-corrected chi connectivity index (χ0v) is 15.3. The fourth-order valence-corrected chi connectivity index (χ4v) is 2.68. The Hall–Kier alpha value is -2.13. The maximum absolute atomic E-state index is 12.0. The van der Waals surface area contributed by atoms with Crippen LogP contribution in [0.5, 0.6) is 0 Å². The number of rotatable bonds is 8. The lowest BCUT2D eigenvalue weighted by Crippen LogP contribution is -2.33. The topological polar surface area (TPSA) is 140 Å². The van der Waals surface area contributed by atoms with Crippen LogP contribution in [-0.2, 0) is 24.9 Å². The van der Waals surface area contributed by atoms with Crippen LogP contribution in [-0.4, -0.2) is 39.9 Å². The predicted molar refractivity (Wildman–Crippen MR) is 92.5 cm³/mol. The number of ether oxygens (including phenoxy) is 1. The van der Waals surface area contributed by atoms with Crippen molar-refractivity contribution in [1.82, 2.24) is 9.55 Å². The summed E-state index contributed by atoms with van der Waals surface area (Å²) in [6.45, 7) is 1.57. The number of nitrogens with zero attached hydrogens (tertiary/aromatic N) is 1. The number of hydrogen-bond acceptors (Lipinski definition) is 7. The number of H-pyrrole nitrogens is 1. The van der Waals surface area contributed by atoms with Gasteiger partial charge in [-0.1, -0.05) is 19.1 Å². The number of aliphatic hydroxyl groups is 1. The van der Waals surface area contributed by atoms with Gasteiger partial charge in [0.2, 0.25) is 0 Å². The minimum absolute atomic E-state index is 0.00935. The lowest BCUT2D eigenvalue weighted by atomic mass is 10.1. The van der Waals surface area contributed by atoms with E-state index in [-0.39, 0.29) is 24.7 Å². The van der Waals surface area contributed by atoms with E-state index in [2.05, 4.69) is 14.0 Å². The van der Waals surface area contributed by atoms with Gasteiger partial charge >= 0.3 is 13.5 Å². The van der Waals surface area contributed by atoms with E-state index in [0.29, 0.717) is 5.56 Å². The normalized spacial score (nSPS) is 19.7. The van der Waals surface area contributed by atoms with Gasteiger partial charge < -0.3 is 14.7 Å². The standard InChI is InChI=1S/C15H21N2O8P/c1-3-4-5-10-6-17(15(20)16-14(10)19)7-11-8-24-12(13(11)18)9-25-26(21,22)23-2/h4-6,11,18H,3,7-9H2,1-2H3,(H,21,22)(H,16,19,20)/b5-4+. The van der Waals surface area contributed by atoms with Crippen LogP contribution in [0.25, 0.3) is 6.08 Å². The molecule has 2 rings (SSSR count). The quantitative estimate of drug-likeness (QED) is 0.563. The molecular weight excluding hydrogens is 367 g/mol. The highest BCUT2D eigenvalue weighted by atomic mass is 31.2. The van der Waals surface area contributed by atoms with Crippen molar-refractivity contribution in [3.05, 3.63) is 50.2 Å². The van der Waals surface area contributed by atoms with Crippen LogP contribution in [0.1, 0.15) is 18.9 Å². The van der Waals surface area contributed by atoms with Gasteiger partial charge in [-0.2, -0.15) is 0 Å². The second-order valence-electron chi connectivity index (χ2n) is 5.55. The third-order valence-electron chi connectivity index (χ3n) is 3.71. The summed E-state index contributed by atoms with van der Waals surface area (Å²) in [6.07, 6.45) is 5.53. The van der Waals surface area contributed by atoms with E-state index in [1.54, 1.807) is 12.2 Å². The van der Waals surface area contributed by atoms with Crippen LogP contribution in [0.4, 0.5) is 0 Å². The van der Waals surface area contributed by atoms with Gasteiger partial charge in [-0.05, 0) is 6.42 Å². The lowest BCUT2D eigenvalue weighted by molar-refractivity contribution is 0.139. The number of aromatic amines is 1. The molecule has 11 heteroatoms. The summed E-state index contributed by atoms with van der Waals surface area (Å²) < 4.78 is 26.7. The van der Waals surface area contributed by atoms with E-state index in [0.717, 1.165) is 13.5 Å². The number of allylic oxidation sites excluding steroid dienone is 1. The monoisotopic (exact) mass is 388 g/mol. The number of hydrogen-bond donors (Lipinski definition) is 3. The van der Waals surface area contributed by atoms with Gasteiger partial charge in [0.1, 0.15) is 12.4 Å². The molecular formula is C15H21N2O8P. The second-order valence-corrected chi connectivity index (χ2v) is 7.11. The van der Waals surface area contributed by atoms with E-state index in [1.807, 2.05) is 6.92 Å². The van der Waals surface area contributed by atoms with Crippen LogP contribution in [0.2, 0.25) is 0 Å². The van der Waals surface area contributed by atoms with Crippen molar-refractivity contribution < 1.29 is 28.3 Å². The van der Waals surface area contributed by atoms with Crippen molar-refractivity contribution in [2.75, 3.05) is 20.3 Å². The molecule has 2 unspecified atom stereocenters. The molecule has 2 heterocycles. The van der Waals surface area contributed by atoms with Gasteiger partial charge in [-0.3, -0.25) is 23.4 Å². The summed E-state index contributed by atoms with van der Waals surface area (Å²) in [4.78, 5) is 35.2. The highest BCUT2D eigenvalue weighted by Crippen LogP contribution is 2.43. The molecule has 144 valence electrons. The molecule has 10 nitrogen and oxygen atoms in total. The summed E-state index contributed by atoms with van der Waals surface area (Å²) in [7, 11) is -3.18. The van der Waals surface area contributed by atoms with Gasteiger partial charge in [0.15, 0.2) is 5.76 Å². The van der Waals surface area contributed by atoms with Crippen molar-refractivity contribution in [2.24, 2.45) is 5.92 Å². The van der Waals surface area contributed by atoms with Crippen LogP contribution >= 0.6 is 7.82 Å². The Kier molecular flexibility index (Phi) is 6.60. The summed E-state index contributed by atoms with van der Waals surface area (Å²) >= 11 is 0. The third kappa shape index (κ3) is 4.95. The lowest BCUT2D eigenvalue weighted by Gasteiger charge is -2.11. The number of nitrogens with one attached hydrogen (secondary N) is 1. The zero-order valence-electron chi connectivity index (χ0n) is 14.4. The molecule has 1 aromatic rings. The minimum Gasteiger partial charge on any atom is -0.508 e. The van der Waals surface area contributed by atoms with Gasteiger partial charge in [-0.25, -0.2) is 9.36 Å². The number of phosphoric ester groups is 1. The van der Waals surface area contributed by atoms with Gasteiger partial charge in [0.25, 0.3) is 5.56 Å². The SMILES string of the molecule is CC/C=C/c1cn(CC2COC(COP(=O)(O)OC)=C2O)c(=O)[nH]c1=O. The van der Waals surface area contributed by atoms with Crippen LogP contribution in [0, 0.1) is 5.92 Å². The molecule has 3 N–H and O–H groups in total. The van der Waals surface area contributed by atoms with E-state index in [4.69, 9.17) is 4.74 Å². The molecule has 26 heavy (non-hydrogen) atoms. The number of aromatic nitrogens is 2. The van der Waals surface area contributed by atoms with Crippen molar-refractivity contribution in [2.45, 2.75) is 19.9 Å². The first-order chi connectivity index (χ1) is 12.3. The van der Waals surface area contributed by atoms with E-state index in [1.165, 1.54) is 10.8 Å². The fourth-order valence-electron chi connectivity index (χ4n) is 2.29. The highest BCUT2D eigenvalue weighted by Gasteiger charge is 2.30. The molecule has 0 aromatic carbocycles. The number of phosphoric acid groups is 1. The minimum atomic E-state index is -4.20. The average Bonchev–Trinajstić information content (AvgIpc) is 2.94. The Bertz CT molecular complexity index is 869. The second kappa shape index (κ2) is 8.50. The van der Waals surface area contributed by atoms with E-state index >= 15 is 0 Å². The number of aliphatic hydroxyl groups excluding tert-OH is 1. The molecule has 0 fully saturated rings. The third-order valence-corrected chi connectivity index (χ3v) is 4.63. The molecule has 1 aromatic heterocycles. The largest absolute Gasteiger partial charge is 0.508 e. The molecule has 0 amide bonds. The molecule has 0 saturated carbocycles. The molecule has 0 saturated heterocycles. The Morgan fingerprint density at radius 1 is 1.50 bits per heavy atom. The van der Waals surface area contributed by atoms with Gasteiger partial charge in [0, 0.05) is 19.9 Å². The van der Waals surface area contributed by atoms with Crippen LogP contribution < -0.4 is 11.2 Å². The van der Waals surface area contributed by atoms with Crippen molar-refractivity contribution >= 4 is 13.9 Å². The first-order valence-corrected chi connectivity index (χ1v) is 9.35. The van der Waals surface area contributed by atoms with Crippen molar-refractivity contribution in [1.29, 1.82) is 0 Å². The average molecular weight is 388 g/mol. The van der Waals surface area contributed by atoms with E-state index in [9.17, 15) is 24.2 Å². The van der Waals surface area contributed by atoms with Crippen molar-refractivity contribution in [3.63, 3.8) is 0 Å². The molecule has 0 bridgehead atoms. The maximum atomic E-state index is 12.0. The Morgan fingerprint density at radius 2 is 2.23 bits per heavy atom. The van der Waals surface area contributed by atoms with Crippen LogP contribution in [0.3, 0.4) is 0 Å². The maximum Gasteiger partial charge on any atom is 0.472 e. The highest BCUT2D eigenvalue weighted by molar-refractivity contribution is 7.47. The van der Waals surface area contributed by atoms with Gasteiger partial charge in [0.05, 0.1) is 18.1 Å². The molecule has 0 aliphatic carbocycles. The summed E-state index contributed by atoms with van der Waals surface area (Å²) in [6, 6.07) is 0. The first-order valence-electron chi connectivity index (χ1n) is 7.85. The fraction of sp³-hybridized carbons (Fsp3) is 0.467. The van der Waals surface area contributed by atoms with Gasteiger partial charge in [-0.15, -0.1) is 0 Å². The van der Waals surface area contributed by atoms with Crippen molar-refractivity contribution in [3.8, 4) is 0 Å². The Balaban J connectivity index is 2.16. The predicted octanol–water partition coefficient (Wildman–Crippen LogP) is 1.14.